The van der Waals surface area contributed by atoms with E-state index in [1.807, 2.05) is 0 Å². The molecule has 0 N–H and O–H groups in total. The number of nitrogens with zero attached hydrogens (tertiary/aromatic N) is 5. The van der Waals surface area contributed by atoms with E-state index in [0.717, 1.165) is 0 Å². The Labute approximate surface area is 437 Å². The number of hydrogen-bond donors (Lipinski definition) is 0. The van der Waals surface area contributed by atoms with Gasteiger partial charge in [-0.2, -0.15) is 15.8 Å². The molecule has 6 aromatic rings. The standard InChI is InChI=1S/C46H50N2P4.3C2H3N.2BF4.Co/c1-7-21-41(22-8-1)47-37-49(33-19-35-51(43-25-11-3-12-26-43)44-27-13-4-14-28-44)39-48(42-23-9-2-10-24-42)40-50(38-47)34-20-36-52(45-29-15-5-16-30-45)46-31-17-6-18-32-46;3*1-2-3;2*2-1(3,4)5;/h1-18,21-32H,19-20,33-40H2;3*1H3;;;/q;;;;2*-1;+2/p+4. The first kappa shape index (κ1) is 65.2. The third kappa shape index (κ3) is 29.6. The number of anilines is 2. The molecule has 1 heterocycles. The molecule has 20 heteroatoms. The maximum Gasteiger partial charge on any atom is 2.00 e. The summed E-state index contributed by atoms with van der Waals surface area (Å²) in [6, 6.07) is 73.4. The van der Waals surface area contributed by atoms with Crippen LogP contribution in [0.1, 0.15) is 33.6 Å². The summed E-state index contributed by atoms with van der Waals surface area (Å²) >= 11 is 0. The second-order valence-electron chi connectivity index (χ2n) is 15.7. The Kier molecular flexibility index (Phi) is 34.3. The van der Waals surface area contributed by atoms with Gasteiger partial charge in [0.2, 0.25) is 0 Å². The first-order valence-electron chi connectivity index (χ1n) is 22.9. The van der Waals surface area contributed by atoms with Crippen LogP contribution in [0, 0.1) is 34.0 Å². The Bertz CT molecular complexity index is 2130. The van der Waals surface area contributed by atoms with Gasteiger partial charge in [-0.25, -0.2) is 0 Å². The first-order valence-corrected chi connectivity index (χ1v) is 30.6. The molecule has 0 atom stereocenters. The molecule has 1 fully saturated rings. The van der Waals surface area contributed by atoms with Gasteiger partial charge in [0, 0.05) is 60.8 Å². The average molecular weight is 1110 g/mol. The van der Waals surface area contributed by atoms with Crippen molar-refractivity contribution in [2.75, 3.05) is 59.6 Å². The van der Waals surface area contributed by atoms with Crippen LogP contribution in [0.25, 0.3) is 0 Å². The second-order valence-corrected chi connectivity index (χ2v) is 26.2. The smallest absolute Gasteiger partial charge is 0.418 e. The fraction of sp³-hybridized carbons (Fsp3) is 0.250. The number of para-hydroxylation sites is 2. The van der Waals surface area contributed by atoms with Crippen molar-refractivity contribution in [3.63, 3.8) is 0 Å². The Morgan fingerprint density at radius 2 is 0.583 bits per heavy atom. The quantitative estimate of drug-likeness (QED) is 0.0617. The van der Waals surface area contributed by atoms with Crippen LogP contribution < -0.4 is 31.0 Å². The summed E-state index contributed by atoms with van der Waals surface area (Å²) in [4.78, 5) is 5.68. The summed E-state index contributed by atoms with van der Waals surface area (Å²) in [5, 5.41) is 28.1. The molecular weight excluding hydrogens is 1050 g/mol. The number of hydrogen-bond acceptors (Lipinski definition) is 5. The van der Waals surface area contributed by atoms with E-state index in [9.17, 15) is 34.5 Å². The number of benzene rings is 6. The van der Waals surface area contributed by atoms with Crippen LogP contribution in [0.3, 0.4) is 0 Å². The summed E-state index contributed by atoms with van der Waals surface area (Å²) in [5.41, 5.74) is 2.86. The molecule has 0 aromatic heterocycles. The molecular formula is C52H63B2CoF8N5P4+4. The molecule has 1 aliphatic rings. The molecule has 5 nitrogen and oxygen atoms in total. The summed E-state index contributed by atoms with van der Waals surface area (Å²) in [6.07, 6.45) is 12.8. The minimum atomic E-state index is -6.00. The van der Waals surface area contributed by atoms with E-state index in [-0.39, 0.29) is 16.8 Å². The first-order chi connectivity index (χ1) is 34.0. The van der Waals surface area contributed by atoms with Gasteiger partial charge in [-0.3, -0.25) is 0 Å². The summed E-state index contributed by atoms with van der Waals surface area (Å²) < 4.78 is 78.0. The SMILES string of the molecule is CC#N.CC#N.CC#N.F[B-](F)(F)F.F[B-](F)(F)F.[Co+2].c1ccc(N2C[PH+](CCC[PH+](c3ccccc3)c3ccccc3)CN(c3ccccc3)C[PH+](CCC[PH+](c3ccccc3)c3ccccc3)C2)cc1. The van der Waals surface area contributed by atoms with Crippen molar-refractivity contribution in [2.24, 2.45) is 0 Å². The van der Waals surface area contributed by atoms with Crippen molar-refractivity contribution in [2.45, 2.75) is 33.6 Å². The van der Waals surface area contributed by atoms with Gasteiger partial charge >= 0.3 is 31.3 Å². The van der Waals surface area contributed by atoms with Gasteiger partial charge in [0.25, 0.3) is 0 Å². The zero-order chi connectivity index (χ0) is 52.3. The van der Waals surface area contributed by atoms with Gasteiger partial charge in [-0.15, -0.1) is 0 Å². The van der Waals surface area contributed by atoms with E-state index >= 15 is 0 Å². The van der Waals surface area contributed by atoms with Crippen molar-refractivity contribution in [1.29, 1.82) is 15.8 Å². The molecule has 0 bridgehead atoms. The predicted octanol–water partition coefficient (Wildman–Crippen LogP) is 14.0. The van der Waals surface area contributed by atoms with Gasteiger partial charge in [0.15, 0.2) is 0 Å². The van der Waals surface area contributed by atoms with Crippen molar-refractivity contribution >= 4 is 78.8 Å². The normalized spacial score (nSPS) is 13.9. The average Bonchev–Trinajstić information content (AvgIpc) is 3.34. The molecule has 0 amide bonds. The molecule has 0 saturated carbocycles. The Balaban J connectivity index is 0.00000112. The largest absolute Gasteiger partial charge is 2.00 e. The number of halogens is 8. The minimum Gasteiger partial charge on any atom is -0.418 e. The molecule has 1 radical (unpaired) electrons. The zero-order valence-electron chi connectivity index (χ0n) is 40.6. The molecule has 0 spiro atoms. The van der Waals surface area contributed by atoms with Crippen LogP contribution in [0.2, 0.25) is 0 Å². The molecule has 1 saturated heterocycles. The van der Waals surface area contributed by atoms with Gasteiger partial charge < -0.3 is 44.3 Å². The maximum absolute atomic E-state index is 9.75. The van der Waals surface area contributed by atoms with Crippen LogP contribution in [0.4, 0.5) is 45.9 Å². The van der Waals surface area contributed by atoms with E-state index in [1.54, 1.807) is 39.4 Å². The molecule has 0 aliphatic carbocycles. The van der Waals surface area contributed by atoms with Crippen LogP contribution in [-0.4, -0.2) is 64.3 Å². The third-order valence-corrected chi connectivity index (χ3v) is 21.6. The van der Waals surface area contributed by atoms with Crippen LogP contribution in [0.5, 0.6) is 0 Å². The van der Waals surface area contributed by atoms with E-state index in [2.05, 4.69) is 192 Å². The molecule has 72 heavy (non-hydrogen) atoms. The third-order valence-electron chi connectivity index (χ3n) is 10.3. The predicted molar refractivity (Wildman–Crippen MR) is 298 cm³/mol. The Hall–Kier alpha value is -4.81. The summed E-state index contributed by atoms with van der Waals surface area (Å²) in [6.45, 7) is 4.29. The van der Waals surface area contributed by atoms with Crippen molar-refractivity contribution < 1.29 is 51.3 Å². The second kappa shape index (κ2) is 37.9. The summed E-state index contributed by atoms with van der Waals surface area (Å²) in [7, 11) is -15.0. The topological polar surface area (TPSA) is 77.8 Å². The van der Waals surface area contributed by atoms with E-state index < -0.39 is 46.2 Å². The van der Waals surface area contributed by atoms with Crippen molar-refractivity contribution in [3.05, 3.63) is 182 Å². The fourth-order valence-corrected chi connectivity index (χ4v) is 19.7. The monoisotopic (exact) mass is 1110 g/mol. The molecule has 6 aromatic carbocycles. The molecule has 1 aliphatic heterocycles. The molecule has 383 valence electrons. The molecule has 7 rings (SSSR count). The minimum absolute atomic E-state index is 0. The van der Waals surface area contributed by atoms with Gasteiger partial charge in [0.05, 0.1) is 79.9 Å². The summed E-state index contributed by atoms with van der Waals surface area (Å²) in [5.74, 6) is 0. The van der Waals surface area contributed by atoms with Crippen molar-refractivity contribution in [1.82, 2.24) is 0 Å². The van der Waals surface area contributed by atoms with Gasteiger partial charge in [-0.1, -0.05) is 109 Å². The van der Waals surface area contributed by atoms with Crippen LogP contribution >= 0.6 is 31.7 Å². The zero-order valence-corrected chi connectivity index (χ0v) is 45.7. The number of rotatable bonds is 14. The maximum atomic E-state index is 9.75. The van der Waals surface area contributed by atoms with Gasteiger partial charge in [-0.05, 0) is 72.8 Å². The Morgan fingerprint density at radius 1 is 0.403 bits per heavy atom. The Morgan fingerprint density at radius 3 is 0.778 bits per heavy atom. The molecule has 0 unspecified atom stereocenters. The van der Waals surface area contributed by atoms with E-state index in [0.29, 0.717) is 0 Å². The number of nitriles is 3. The van der Waals surface area contributed by atoms with Gasteiger partial charge in [0.1, 0.15) is 25.1 Å². The van der Waals surface area contributed by atoms with Crippen LogP contribution in [0.15, 0.2) is 182 Å². The van der Waals surface area contributed by atoms with E-state index in [1.165, 1.54) is 94.8 Å². The van der Waals surface area contributed by atoms with Crippen LogP contribution in [-0.2, 0) is 16.8 Å². The van der Waals surface area contributed by atoms with E-state index in [4.69, 9.17) is 15.8 Å². The fourth-order valence-electron chi connectivity index (χ4n) is 7.75. The van der Waals surface area contributed by atoms with Crippen molar-refractivity contribution in [3.8, 4) is 18.2 Å².